The molecule has 2 aliphatic rings. The Balaban J connectivity index is 1.55. The van der Waals surface area contributed by atoms with Crippen molar-refractivity contribution in [3.63, 3.8) is 0 Å². The summed E-state index contributed by atoms with van der Waals surface area (Å²) in [7, 11) is 4.12. The smallest absolute Gasteiger partial charge is 0.115 e. The quantitative estimate of drug-likeness (QED) is 0.794. The van der Waals surface area contributed by atoms with E-state index >= 15 is 0 Å². The van der Waals surface area contributed by atoms with Crippen LogP contribution in [0.2, 0.25) is 0 Å². The maximum Gasteiger partial charge on any atom is 0.115 e. The Morgan fingerprint density at radius 2 is 2.00 bits per heavy atom. The van der Waals surface area contributed by atoms with Crippen molar-refractivity contribution >= 4 is 5.69 Å². The van der Waals surface area contributed by atoms with E-state index in [4.69, 9.17) is 4.74 Å². The number of nitrogens with zero attached hydrogens (tertiary/aromatic N) is 4. The zero-order chi connectivity index (χ0) is 17.9. The molecule has 0 spiro atoms. The molecule has 1 saturated carbocycles. The minimum Gasteiger partial charge on any atom is -0.381 e. The second-order valence-electron chi connectivity index (χ2n) is 7.55. The summed E-state index contributed by atoms with van der Waals surface area (Å²) < 4.78 is 7.42. The fourth-order valence-electron chi connectivity index (χ4n) is 3.31. The summed E-state index contributed by atoms with van der Waals surface area (Å²) in [4.78, 5) is 2.12. The first-order valence-corrected chi connectivity index (χ1v) is 9.50. The molecule has 1 aliphatic heterocycles. The van der Waals surface area contributed by atoms with E-state index in [2.05, 4.69) is 65.5 Å². The molecule has 5 nitrogen and oxygen atoms in total. The van der Waals surface area contributed by atoms with Gasteiger partial charge in [-0.3, -0.25) is 4.68 Å². The molecule has 0 amide bonds. The van der Waals surface area contributed by atoms with Crippen molar-refractivity contribution in [1.82, 2.24) is 15.0 Å². The lowest BCUT2D eigenvalue weighted by Crippen LogP contribution is -2.20. The highest BCUT2D eigenvalue weighted by Gasteiger charge is 2.18. The van der Waals surface area contributed by atoms with Gasteiger partial charge in [0.15, 0.2) is 0 Å². The van der Waals surface area contributed by atoms with Gasteiger partial charge in [-0.05, 0) is 49.8 Å². The van der Waals surface area contributed by atoms with Crippen molar-refractivity contribution in [3.05, 3.63) is 30.0 Å². The van der Waals surface area contributed by atoms with Crippen LogP contribution in [0.4, 0.5) is 5.69 Å². The van der Waals surface area contributed by atoms with Crippen molar-refractivity contribution in [3.8, 4) is 23.1 Å². The van der Waals surface area contributed by atoms with Crippen molar-refractivity contribution in [2.24, 2.45) is 11.8 Å². The van der Waals surface area contributed by atoms with E-state index in [0.29, 0.717) is 11.8 Å². The zero-order valence-corrected chi connectivity index (χ0v) is 15.6. The molecule has 0 radical (unpaired) electrons. The molecule has 2 aromatic rings. The predicted molar refractivity (Wildman–Crippen MR) is 103 cm³/mol. The first-order chi connectivity index (χ1) is 12.7. The van der Waals surface area contributed by atoms with Crippen LogP contribution in [0.15, 0.2) is 24.4 Å². The summed E-state index contributed by atoms with van der Waals surface area (Å²) >= 11 is 0. The average molecular weight is 350 g/mol. The third-order valence-corrected chi connectivity index (χ3v) is 5.08. The van der Waals surface area contributed by atoms with Crippen LogP contribution in [0.25, 0.3) is 11.3 Å². The van der Waals surface area contributed by atoms with Crippen molar-refractivity contribution in [2.75, 3.05) is 32.2 Å². The summed E-state index contributed by atoms with van der Waals surface area (Å²) in [5, 5.41) is 8.78. The van der Waals surface area contributed by atoms with Crippen molar-refractivity contribution < 1.29 is 4.74 Å². The predicted octanol–water partition coefficient (Wildman–Crippen LogP) is 3.20. The topological polar surface area (TPSA) is 43.2 Å². The van der Waals surface area contributed by atoms with Gasteiger partial charge >= 0.3 is 0 Å². The second-order valence-corrected chi connectivity index (χ2v) is 7.55. The van der Waals surface area contributed by atoms with E-state index in [1.165, 1.54) is 12.8 Å². The third kappa shape index (κ3) is 4.08. The van der Waals surface area contributed by atoms with Gasteiger partial charge in [0.2, 0.25) is 0 Å². The Morgan fingerprint density at radius 1 is 1.19 bits per heavy atom. The monoisotopic (exact) mass is 350 g/mol. The Kier molecular flexibility index (Phi) is 4.94. The molecule has 2 fully saturated rings. The maximum absolute atomic E-state index is 5.44. The van der Waals surface area contributed by atoms with Crippen molar-refractivity contribution in [1.29, 1.82) is 0 Å². The lowest BCUT2D eigenvalue weighted by molar-refractivity contribution is 0.0600. The van der Waals surface area contributed by atoms with E-state index in [1.807, 2.05) is 4.68 Å². The average Bonchev–Trinajstić information content (AvgIpc) is 3.38. The fraction of sp³-hybridized carbons (Fsp3) is 0.524. The minimum atomic E-state index is 0.613. The van der Waals surface area contributed by atoms with Crippen LogP contribution in [0.3, 0.4) is 0 Å². The van der Waals surface area contributed by atoms with Gasteiger partial charge in [0.05, 0.1) is 6.20 Å². The van der Waals surface area contributed by atoms with E-state index in [0.717, 1.165) is 55.1 Å². The van der Waals surface area contributed by atoms with Crippen molar-refractivity contribution in [2.45, 2.75) is 32.2 Å². The van der Waals surface area contributed by atoms with Gasteiger partial charge in [0.1, 0.15) is 5.69 Å². The molecule has 136 valence electrons. The first kappa shape index (κ1) is 17.1. The van der Waals surface area contributed by atoms with E-state index in [9.17, 15) is 0 Å². The van der Waals surface area contributed by atoms with Gasteiger partial charge < -0.3 is 9.64 Å². The second kappa shape index (κ2) is 7.51. The molecule has 0 bridgehead atoms. The van der Waals surface area contributed by atoms with Crippen LogP contribution in [0.5, 0.6) is 0 Å². The number of benzene rings is 1. The summed E-state index contributed by atoms with van der Waals surface area (Å²) in [5.74, 6) is 7.89. The van der Waals surface area contributed by atoms with Crippen LogP contribution < -0.4 is 4.90 Å². The first-order valence-electron chi connectivity index (χ1n) is 9.50. The number of ether oxygens (including phenoxy) is 1. The van der Waals surface area contributed by atoms with E-state index in [-0.39, 0.29) is 0 Å². The summed E-state index contributed by atoms with van der Waals surface area (Å²) in [6.07, 6.45) is 6.77. The molecule has 26 heavy (non-hydrogen) atoms. The van der Waals surface area contributed by atoms with Crippen LogP contribution in [-0.4, -0.2) is 42.3 Å². The number of anilines is 1. The zero-order valence-electron chi connectivity index (χ0n) is 15.6. The molecule has 0 N–H and O–H groups in total. The SMILES string of the molecule is CN(C)c1cc(C#CC2CC2)ccc1-c1cn(CC2CCOCC2)nn1. The Hall–Kier alpha value is -2.32. The Labute approximate surface area is 155 Å². The normalized spacial score (nSPS) is 17.6. The molecule has 1 saturated heterocycles. The minimum absolute atomic E-state index is 0.613. The molecule has 1 aromatic heterocycles. The fourth-order valence-corrected chi connectivity index (χ4v) is 3.31. The Morgan fingerprint density at radius 3 is 2.73 bits per heavy atom. The highest BCUT2D eigenvalue weighted by atomic mass is 16.5. The van der Waals surface area contributed by atoms with E-state index in [1.54, 1.807) is 0 Å². The van der Waals surface area contributed by atoms with Gasteiger partial charge in [0.25, 0.3) is 0 Å². The highest BCUT2D eigenvalue weighted by molar-refractivity contribution is 5.77. The number of aromatic nitrogens is 3. The number of hydrogen-bond donors (Lipinski definition) is 0. The van der Waals surface area contributed by atoms with Crippen LogP contribution in [-0.2, 0) is 11.3 Å². The van der Waals surface area contributed by atoms with Gasteiger partial charge in [-0.1, -0.05) is 17.1 Å². The number of rotatable bonds is 4. The lowest BCUT2D eigenvalue weighted by atomic mass is 10.0. The van der Waals surface area contributed by atoms with E-state index < -0.39 is 0 Å². The Bertz CT molecular complexity index is 820. The molecule has 2 heterocycles. The summed E-state index contributed by atoms with van der Waals surface area (Å²) in [6, 6.07) is 6.37. The van der Waals surface area contributed by atoms with Gasteiger partial charge in [-0.2, -0.15) is 0 Å². The lowest BCUT2D eigenvalue weighted by Gasteiger charge is -2.21. The summed E-state index contributed by atoms with van der Waals surface area (Å²) in [6.45, 7) is 2.64. The standard InChI is InChI=1S/C21H26N4O/c1-24(2)21-13-17(6-5-16-3-4-16)7-8-19(21)20-15-25(23-22-20)14-18-9-11-26-12-10-18/h7-8,13,15-16,18H,3-4,9-12,14H2,1-2H3. The number of hydrogen-bond acceptors (Lipinski definition) is 4. The van der Waals surface area contributed by atoms with Crippen LogP contribution in [0.1, 0.15) is 31.2 Å². The molecule has 5 heteroatoms. The van der Waals surface area contributed by atoms with Gasteiger partial charge in [0, 0.05) is 56.6 Å². The summed E-state index contributed by atoms with van der Waals surface area (Å²) in [5.41, 5.74) is 4.22. The third-order valence-electron chi connectivity index (χ3n) is 5.08. The highest BCUT2D eigenvalue weighted by Crippen LogP contribution is 2.31. The largest absolute Gasteiger partial charge is 0.381 e. The van der Waals surface area contributed by atoms with Crippen LogP contribution in [0, 0.1) is 23.7 Å². The maximum atomic E-state index is 5.44. The molecular weight excluding hydrogens is 324 g/mol. The van der Waals surface area contributed by atoms with Gasteiger partial charge in [-0.25, -0.2) is 0 Å². The molecular formula is C21H26N4O. The molecule has 1 aliphatic carbocycles. The molecule has 0 atom stereocenters. The molecule has 4 rings (SSSR count). The van der Waals surface area contributed by atoms with Gasteiger partial charge in [-0.15, -0.1) is 5.10 Å². The molecule has 0 unspecified atom stereocenters. The van der Waals surface area contributed by atoms with Crippen LogP contribution >= 0.6 is 0 Å². The molecule has 1 aromatic carbocycles.